The molecule has 1 amide bonds. The van der Waals surface area contributed by atoms with E-state index >= 15 is 0 Å². The van der Waals surface area contributed by atoms with Crippen molar-refractivity contribution in [1.29, 1.82) is 0 Å². The molecule has 2 aromatic rings. The minimum Gasteiger partial charge on any atom is -0.348 e. The molecule has 130 valence electrons. The molecule has 0 bridgehead atoms. The van der Waals surface area contributed by atoms with E-state index in [1.807, 2.05) is 18.4 Å². The number of carbonyl (C=O) groups excluding carboxylic acids is 1. The van der Waals surface area contributed by atoms with Crippen molar-refractivity contribution in [3.63, 3.8) is 0 Å². The number of nitrogens with one attached hydrogen (secondary N) is 1. The summed E-state index contributed by atoms with van der Waals surface area (Å²) in [5, 5.41) is 4.65. The van der Waals surface area contributed by atoms with Gasteiger partial charge in [-0.1, -0.05) is 18.5 Å². The van der Waals surface area contributed by atoms with Gasteiger partial charge in [0, 0.05) is 22.2 Å². The summed E-state index contributed by atoms with van der Waals surface area (Å²) in [5.41, 5.74) is -0.556. The van der Waals surface area contributed by atoms with Crippen LogP contribution in [0.5, 0.6) is 0 Å². The van der Waals surface area contributed by atoms with Crippen LogP contribution in [0.3, 0.4) is 0 Å². The second-order valence-corrected chi connectivity index (χ2v) is 7.52. The van der Waals surface area contributed by atoms with E-state index in [0.717, 1.165) is 15.8 Å². The Kier molecular flexibility index (Phi) is 6.49. The fraction of sp³-hybridized carbons (Fsp3) is 0.333. The van der Waals surface area contributed by atoms with Gasteiger partial charge >= 0.3 is 6.18 Å². The summed E-state index contributed by atoms with van der Waals surface area (Å²) in [6.45, 7) is 1.88. The lowest BCUT2D eigenvalue weighted by atomic mass is 10.1. The molecule has 0 saturated heterocycles. The van der Waals surface area contributed by atoms with Crippen LogP contribution < -0.4 is 5.32 Å². The Morgan fingerprint density at radius 1 is 1.50 bits per heavy atom. The number of alkyl halides is 3. The molecule has 0 aliphatic carbocycles. The standard InChI is InChI=1S/C15H13ClF3IN2OS/c1-2-9(22-14(23)13-11(20)3-4-24-13)6-12-10(16)5-8(7-21-12)15(17,18)19/h3-5,7,9H,2,6H2,1H3,(H,22,23). The van der Waals surface area contributed by atoms with Crippen LogP contribution in [0.4, 0.5) is 13.2 Å². The first-order valence-corrected chi connectivity index (χ1v) is 9.31. The largest absolute Gasteiger partial charge is 0.417 e. The summed E-state index contributed by atoms with van der Waals surface area (Å²) in [6, 6.07) is 2.44. The zero-order valence-corrected chi connectivity index (χ0v) is 16.2. The summed E-state index contributed by atoms with van der Waals surface area (Å²) in [4.78, 5) is 16.7. The highest BCUT2D eigenvalue weighted by Crippen LogP contribution is 2.31. The molecule has 2 heterocycles. The second-order valence-electron chi connectivity index (χ2n) is 5.03. The highest BCUT2D eigenvalue weighted by molar-refractivity contribution is 14.1. The summed E-state index contributed by atoms with van der Waals surface area (Å²) in [5.74, 6) is -0.204. The van der Waals surface area contributed by atoms with Crippen LogP contribution >= 0.6 is 45.5 Å². The molecule has 0 aromatic carbocycles. The number of carbonyl (C=O) groups is 1. The Bertz CT molecular complexity index is 736. The molecule has 0 radical (unpaired) electrons. The third-order valence-corrected chi connectivity index (χ3v) is 5.84. The van der Waals surface area contributed by atoms with Gasteiger partial charge in [0.1, 0.15) is 4.88 Å². The first-order valence-electron chi connectivity index (χ1n) is 6.97. The lowest BCUT2D eigenvalue weighted by Crippen LogP contribution is -2.36. The van der Waals surface area contributed by atoms with Gasteiger partial charge in [-0.05, 0) is 46.5 Å². The molecule has 1 unspecified atom stereocenters. The zero-order chi connectivity index (χ0) is 17.9. The van der Waals surface area contributed by atoms with E-state index < -0.39 is 11.7 Å². The van der Waals surface area contributed by atoms with Crippen LogP contribution in [-0.2, 0) is 12.6 Å². The van der Waals surface area contributed by atoms with Crippen LogP contribution in [0.1, 0.15) is 34.3 Å². The van der Waals surface area contributed by atoms with Gasteiger partial charge in [0.15, 0.2) is 0 Å². The Morgan fingerprint density at radius 2 is 2.21 bits per heavy atom. The van der Waals surface area contributed by atoms with Crippen LogP contribution in [0.2, 0.25) is 5.02 Å². The van der Waals surface area contributed by atoms with Crippen molar-refractivity contribution in [2.45, 2.75) is 32.0 Å². The lowest BCUT2D eigenvalue weighted by molar-refractivity contribution is -0.137. The van der Waals surface area contributed by atoms with Crippen molar-refractivity contribution in [2.24, 2.45) is 0 Å². The van der Waals surface area contributed by atoms with Gasteiger partial charge in [0.25, 0.3) is 5.91 Å². The molecule has 0 aliphatic rings. The number of rotatable bonds is 5. The Balaban J connectivity index is 2.10. The molecule has 0 spiro atoms. The molecule has 2 aromatic heterocycles. The summed E-state index contributed by atoms with van der Waals surface area (Å²) in [7, 11) is 0. The van der Waals surface area contributed by atoms with E-state index in [1.54, 1.807) is 0 Å². The molecule has 9 heteroatoms. The van der Waals surface area contributed by atoms with Crippen LogP contribution in [0, 0.1) is 3.57 Å². The topological polar surface area (TPSA) is 42.0 Å². The minimum absolute atomic E-state index is 0.0526. The molecule has 0 fully saturated rings. The van der Waals surface area contributed by atoms with E-state index in [2.05, 4.69) is 32.9 Å². The molecule has 1 N–H and O–H groups in total. The average molecular weight is 489 g/mol. The summed E-state index contributed by atoms with van der Waals surface area (Å²) >= 11 is 9.34. The molecular weight excluding hydrogens is 476 g/mol. The second kappa shape index (κ2) is 8.01. The van der Waals surface area contributed by atoms with Crippen LogP contribution in [-0.4, -0.2) is 16.9 Å². The van der Waals surface area contributed by atoms with E-state index in [-0.39, 0.29) is 23.4 Å². The molecule has 3 nitrogen and oxygen atoms in total. The molecular formula is C15H13ClF3IN2OS. The van der Waals surface area contributed by atoms with Gasteiger partial charge in [0.2, 0.25) is 0 Å². The van der Waals surface area contributed by atoms with Crippen molar-refractivity contribution >= 4 is 51.4 Å². The van der Waals surface area contributed by atoms with E-state index in [4.69, 9.17) is 11.6 Å². The van der Waals surface area contributed by atoms with Gasteiger partial charge < -0.3 is 5.32 Å². The van der Waals surface area contributed by atoms with E-state index in [0.29, 0.717) is 17.0 Å². The van der Waals surface area contributed by atoms with Crippen molar-refractivity contribution < 1.29 is 18.0 Å². The number of nitrogens with zero attached hydrogens (tertiary/aromatic N) is 1. The summed E-state index contributed by atoms with van der Waals surface area (Å²) in [6.07, 6.45) is -2.85. The predicted molar refractivity (Wildman–Crippen MR) is 96.5 cm³/mol. The minimum atomic E-state index is -4.48. The molecule has 1 atom stereocenters. The van der Waals surface area contributed by atoms with Crippen molar-refractivity contribution in [1.82, 2.24) is 10.3 Å². The average Bonchev–Trinajstić information content (AvgIpc) is 2.93. The predicted octanol–water partition coefficient (Wildman–Crippen LogP) is 5.17. The number of amides is 1. The normalized spacial score (nSPS) is 12.9. The SMILES string of the molecule is CCC(Cc1ncc(C(F)(F)F)cc1Cl)NC(=O)c1sccc1I. The van der Waals surface area contributed by atoms with Gasteiger partial charge in [-0.3, -0.25) is 9.78 Å². The fourth-order valence-electron chi connectivity index (χ4n) is 2.01. The third kappa shape index (κ3) is 4.82. The van der Waals surface area contributed by atoms with E-state index in [1.165, 1.54) is 11.3 Å². The Hall–Kier alpha value is -0.870. The van der Waals surface area contributed by atoms with Crippen LogP contribution in [0.25, 0.3) is 0 Å². The van der Waals surface area contributed by atoms with Crippen molar-refractivity contribution in [3.8, 4) is 0 Å². The molecule has 0 saturated carbocycles. The maximum absolute atomic E-state index is 12.6. The number of pyridine rings is 1. The van der Waals surface area contributed by atoms with Crippen molar-refractivity contribution in [2.75, 3.05) is 0 Å². The van der Waals surface area contributed by atoms with Crippen molar-refractivity contribution in [3.05, 3.63) is 48.4 Å². The molecule has 2 rings (SSSR count). The number of halogens is 5. The highest BCUT2D eigenvalue weighted by atomic mass is 127. The first-order chi connectivity index (χ1) is 11.2. The summed E-state index contributed by atoms with van der Waals surface area (Å²) < 4.78 is 38.8. The molecule has 0 aliphatic heterocycles. The zero-order valence-electron chi connectivity index (χ0n) is 12.5. The quantitative estimate of drug-likeness (QED) is 0.590. The van der Waals surface area contributed by atoms with Gasteiger partial charge in [-0.15, -0.1) is 11.3 Å². The fourth-order valence-corrected chi connectivity index (χ4v) is 3.99. The monoisotopic (exact) mass is 488 g/mol. The van der Waals surface area contributed by atoms with Gasteiger partial charge in [-0.2, -0.15) is 13.2 Å². The maximum atomic E-state index is 12.6. The smallest absolute Gasteiger partial charge is 0.348 e. The van der Waals surface area contributed by atoms with E-state index in [9.17, 15) is 18.0 Å². The number of hydrogen-bond donors (Lipinski definition) is 1. The first kappa shape index (κ1) is 19.5. The Morgan fingerprint density at radius 3 is 2.71 bits per heavy atom. The third-order valence-electron chi connectivity index (χ3n) is 3.34. The highest BCUT2D eigenvalue weighted by Gasteiger charge is 2.31. The lowest BCUT2D eigenvalue weighted by Gasteiger charge is -2.17. The number of aromatic nitrogens is 1. The number of hydrogen-bond acceptors (Lipinski definition) is 3. The maximum Gasteiger partial charge on any atom is 0.417 e. The van der Waals surface area contributed by atoms with Crippen LogP contribution in [0.15, 0.2) is 23.7 Å². The van der Waals surface area contributed by atoms with Gasteiger partial charge in [-0.25, -0.2) is 0 Å². The Labute approximate surface area is 159 Å². The number of thiophene rings is 1. The molecule has 24 heavy (non-hydrogen) atoms. The van der Waals surface area contributed by atoms with Gasteiger partial charge in [0.05, 0.1) is 16.3 Å².